The van der Waals surface area contributed by atoms with Crippen LogP contribution in [-0.2, 0) is 0 Å². The number of nitrogens with two attached hydrogens (primary N) is 1. The van der Waals surface area contributed by atoms with Crippen molar-refractivity contribution < 1.29 is 0 Å². The molecule has 0 atom stereocenters. The lowest BCUT2D eigenvalue weighted by atomic mass is 10.3. The molecule has 17 heavy (non-hydrogen) atoms. The molecule has 0 saturated carbocycles. The van der Waals surface area contributed by atoms with Gasteiger partial charge in [-0.25, -0.2) is 0 Å². The SMILES string of the molecule is C[Si](C)(C)CCCNc1ccc(N)cc1.Cl.Cl. The Morgan fingerprint density at radius 1 is 1.06 bits per heavy atom. The van der Waals surface area contributed by atoms with E-state index >= 15 is 0 Å². The topological polar surface area (TPSA) is 38.0 Å². The van der Waals surface area contributed by atoms with E-state index in [2.05, 4.69) is 25.0 Å². The lowest BCUT2D eigenvalue weighted by Gasteiger charge is -2.15. The molecule has 3 N–H and O–H groups in total. The highest BCUT2D eigenvalue weighted by Crippen LogP contribution is 2.13. The zero-order valence-corrected chi connectivity index (χ0v) is 13.5. The van der Waals surface area contributed by atoms with Crippen LogP contribution in [0, 0.1) is 0 Å². The summed E-state index contributed by atoms with van der Waals surface area (Å²) in [6, 6.07) is 9.31. The Morgan fingerprint density at radius 2 is 1.59 bits per heavy atom. The van der Waals surface area contributed by atoms with Gasteiger partial charge in [-0.1, -0.05) is 25.7 Å². The van der Waals surface area contributed by atoms with Crippen molar-refractivity contribution in [3.05, 3.63) is 24.3 Å². The number of hydrogen-bond acceptors (Lipinski definition) is 2. The van der Waals surface area contributed by atoms with Crippen LogP contribution < -0.4 is 11.1 Å². The molecular weight excluding hydrogens is 271 g/mol. The second-order valence-corrected chi connectivity index (χ2v) is 10.8. The number of halogens is 2. The average Bonchev–Trinajstić information content (AvgIpc) is 2.14. The van der Waals surface area contributed by atoms with Crippen LogP contribution in [0.2, 0.25) is 25.7 Å². The van der Waals surface area contributed by atoms with Gasteiger partial charge < -0.3 is 11.1 Å². The highest BCUT2D eigenvalue weighted by Gasteiger charge is 2.11. The summed E-state index contributed by atoms with van der Waals surface area (Å²) in [7, 11) is -0.864. The minimum Gasteiger partial charge on any atom is -0.399 e. The molecule has 0 spiro atoms. The van der Waals surface area contributed by atoms with Crippen molar-refractivity contribution in [2.24, 2.45) is 0 Å². The third-order valence-corrected chi connectivity index (χ3v) is 4.20. The summed E-state index contributed by atoms with van der Waals surface area (Å²) < 4.78 is 0. The maximum absolute atomic E-state index is 5.62. The molecule has 0 fully saturated rings. The molecule has 2 nitrogen and oxygen atoms in total. The van der Waals surface area contributed by atoms with E-state index in [9.17, 15) is 0 Å². The Balaban J connectivity index is 0. The average molecular weight is 295 g/mol. The van der Waals surface area contributed by atoms with Crippen LogP contribution in [0.3, 0.4) is 0 Å². The van der Waals surface area contributed by atoms with E-state index in [1.807, 2.05) is 24.3 Å². The third kappa shape index (κ3) is 9.33. The van der Waals surface area contributed by atoms with Gasteiger partial charge in [-0.15, -0.1) is 24.8 Å². The molecule has 1 aromatic rings. The summed E-state index contributed by atoms with van der Waals surface area (Å²) in [5, 5.41) is 3.41. The van der Waals surface area contributed by atoms with Gasteiger partial charge in [0.25, 0.3) is 0 Å². The Bertz CT molecular complexity index is 296. The fourth-order valence-corrected chi connectivity index (χ4v) is 2.69. The van der Waals surface area contributed by atoms with Gasteiger partial charge in [0.2, 0.25) is 0 Å². The predicted octanol–water partition coefficient (Wildman–Crippen LogP) is 4.25. The molecule has 0 aromatic heterocycles. The van der Waals surface area contributed by atoms with Crippen LogP contribution in [0.4, 0.5) is 11.4 Å². The monoisotopic (exact) mass is 294 g/mol. The van der Waals surface area contributed by atoms with Crippen molar-refractivity contribution in [1.82, 2.24) is 0 Å². The van der Waals surface area contributed by atoms with E-state index in [1.165, 1.54) is 18.2 Å². The highest BCUT2D eigenvalue weighted by molar-refractivity contribution is 6.76. The molecular formula is C12H24Cl2N2Si. The first-order valence-electron chi connectivity index (χ1n) is 5.57. The van der Waals surface area contributed by atoms with Gasteiger partial charge in [-0.2, -0.15) is 0 Å². The van der Waals surface area contributed by atoms with Crippen molar-refractivity contribution in [2.75, 3.05) is 17.6 Å². The fourth-order valence-electron chi connectivity index (χ4n) is 1.45. The lowest BCUT2D eigenvalue weighted by molar-refractivity contribution is 0.955. The molecule has 5 heteroatoms. The predicted molar refractivity (Wildman–Crippen MR) is 86.6 cm³/mol. The summed E-state index contributed by atoms with van der Waals surface area (Å²) in [6.45, 7) is 8.30. The summed E-state index contributed by atoms with van der Waals surface area (Å²) in [5.74, 6) is 0. The minimum absolute atomic E-state index is 0. The van der Waals surface area contributed by atoms with E-state index < -0.39 is 8.07 Å². The van der Waals surface area contributed by atoms with Crippen LogP contribution in [-0.4, -0.2) is 14.6 Å². The van der Waals surface area contributed by atoms with E-state index in [0.717, 1.165) is 12.2 Å². The molecule has 1 rings (SSSR count). The van der Waals surface area contributed by atoms with Gasteiger partial charge in [0.15, 0.2) is 0 Å². The Labute approximate surface area is 118 Å². The first-order chi connectivity index (χ1) is 6.97. The Kier molecular flexibility index (Phi) is 9.67. The smallest absolute Gasteiger partial charge is 0.0443 e. The van der Waals surface area contributed by atoms with Crippen LogP contribution in [0.15, 0.2) is 24.3 Å². The molecule has 0 unspecified atom stereocenters. The summed E-state index contributed by atoms with van der Waals surface area (Å²) >= 11 is 0. The first-order valence-corrected chi connectivity index (χ1v) is 9.27. The normalized spacial score (nSPS) is 10.1. The molecule has 0 aliphatic rings. The van der Waals surface area contributed by atoms with E-state index in [4.69, 9.17) is 5.73 Å². The standard InChI is InChI=1S/C12H22N2Si.2ClH/c1-15(2,3)10-4-9-14-12-7-5-11(13)6-8-12;;/h5-8,14H,4,9-10,13H2,1-3H3;2*1H. The second-order valence-electron chi connectivity index (χ2n) is 5.21. The van der Waals surface area contributed by atoms with Crippen molar-refractivity contribution in [2.45, 2.75) is 32.1 Å². The molecule has 0 amide bonds. The Morgan fingerprint density at radius 3 is 2.06 bits per heavy atom. The largest absolute Gasteiger partial charge is 0.399 e. The summed E-state index contributed by atoms with van der Waals surface area (Å²) in [5.41, 5.74) is 7.60. The maximum Gasteiger partial charge on any atom is 0.0443 e. The third-order valence-electron chi connectivity index (χ3n) is 2.34. The van der Waals surface area contributed by atoms with E-state index in [1.54, 1.807) is 0 Å². The lowest BCUT2D eigenvalue weighted by Crippen LogP contribution is -2.20. The maximum atomic E-state index is 5.62. The number of anilines is 2. The molecule has 0 heterocycles. The molecule has 100 valence electrons. The highest BCUT2D eigenvalue weighted by atomic mass is 35.5. The van der Waals surface area contributed by atoms with Gasteiger partial charge in [0.05, 0.1) is 0 Å². The van der Waals surface area contributed by atoms with Crippen molar-refractivity contribution in [3.8, 4) is 0 Å². The van der Waals surface area contributed by atoms with Crippen molar-refractivity contribution in [1.29, 1.82) is 0 Å². The first kappa shape index (κ1) is 19.0. The second kappa shape index (κ2) is 8.67. The fraction of sp³-hybridized carbons (Fsp3) is 0.500. The molecule has 1 aromatic carbocycles. The van der Waals surface area contributed by atoms with E-state index in [-0.39, 0.29) is 24.8 Å². The van der Waals surface area contributed by atoms with Gasteiger partial charge in [-0.3, -0.25) is 0 Å². The molecule has 0 aliphatic heterocycles. The summed E-state index contributed by atoms with van der Waals surface area (Å²) in [6.07, 6.45) is 1.26. The number of benzene rings is 1. The van der Waals surface area contributed by atoms with Crippen molar-refractivity contribution >= 4 is 44.3 Å². The molecule has 0 bridgehead atoms. The van der Waals surface area contributed by atoms with Gasteiger partial charge in [0.1, 0.15) is 0 Å². The Hall–Kier alpha value is -0.383. The molecule has 0 aliphatic carbocycles. The minimum atomic E-state index is -0.864. The van der Waals surface area contributed by atoms with Crippen LogP contribution in [0.25, 0.3) is 0 Å². The zero-order valence-electron chi connectivity index (χ0n) is 10.8. The number of hydrogen-bond donors (Lipinski definition) is 2. The quantitative estimate of drug-likeness (QED) is 0.484. The summed E-state index contributed by atoms with van der Waals surface area (Å²) in [4.78, 5) is 0. The van der Waals surface area contributed by atoms with Crippen LogP contribution in [0.5, 0.6) is 0 Å². The zero-order chi connectivity index (χ0) is 11.3. The number of nitrogens with one attached hydrogen (secondary N) is 1. The van der Waals surface area contributed by atoms with Gasteiger partial charge >= 0.3 is 0 Å². The molecule has 0 saturated heterocycles. The van der Waals surface area contributed by atoms with Crippen molar-refractivity contribution in [3.63, 3.8) is 0 Å². The number of nitrogen functional groups attached to an aromatic ring is 1. The van der Waals surface area contributed by atoms with E-state index in [0.29, 0.717) is 0 Å². The van der Waals surface area contributed by atoms with Crippen LogP contribution in [0.1, 0.15) is 6.42 Å². The van der Waals surface area contributed by atoms with Gasteiger partial charge in [-0.05, 0) is 30.7 Å². The van der Waals surface area contributed by atoms with Gasteiger partial charge in [0, 0.05) is 26.0 Å². The van der Waals surface area contributed by atoms with Crippen LogP contribution >= 0.6 is 24.8 Å². The molecule has 0 radical (unpaired) electrons. The number of rotatable bonds is 5.